The molecule has 5 nitrogen and oxygen atoms in total. The Kier molecular flexibility index (Phi) is 3.83. The molecule has 0 aliphatic carbocycles. The van der Waals surface area contributed by atoms with Crippen LogP contribution in [0.5, 0.6) is 5.88 Å². The van der Waals surface area contributed by atoms with Gasteiger partial charge in [-0.15, -0.1) is 0 Å². The van der Waals surface area contributed by atoms with Crippen LogP contribution in [0.4, 0.5) is 0 Å². The van der Waals surface area contributed by atoms with Crippen LogP contribution in [0.25, 0.3) is 10.9 Å². The van der Waals surface area contributed by atoms with E-state index in [4.69, 9.17) is 4.74 Å². The Morgan fingerprint density at radius 1 is 1.12 bits per heavy atom. The largest absolute Gasteiger partial charge is 0.472 e. The van der Waals surface area contributed by atoms with Crippen LogP contribution in [0, 0.1) is 0 Å². The molecule has 120 valence electrons. The molecular weight excluding hydrogens is 302 g/mol. The zero-order valence-corrected chi connectivity index (χ0v) is 13.1. The lowest BCUT2D eigenvalue weighted by atomic mass is 10.2. The van der Waals surface area contributed by atoms with Crippen LogP contribution >= 0.6 is 0 Å². The van der Waals surface area contributed by atoms with Crippen molar-refractivity contribution in [3.63, 3.8) is 0 Å². The zero-order chi connectivity index (χ0) is 16.4. The van der Waals surface area contributed by atoms with Crippen LogP contribution in [-0.4, -0.2) is 40.0 Å². The minimum absolute atomic E-state index is 0.000621. The summed E-state index contributed by atoms with van der Waals surface area (Å²) in [6, 6.07) is 15.4. The summed E-state index contributed by atoms with van der Waals surface area (Å²) in [4.78, 5) is 22.8. The molecule has 1 aromatic carbocycles. The first-order chi connectivity index (χ1) is 11.8. The van der Waals surface area contributed by atoms with Gasteiger partial charge in [-0.05, 0) is 24.3 Å². The number of pyridine rings is 2. The summed E-state index contributed by atoms with van der Waals surface area (Å²) in [7, 11) is 0. The van der Waals surface area contributed by atoms with Crippen LogP contribution in [0.3, 0.4) is 0 Å². The fraction of sp³-hybridized carbons (Fsp3) is 0.211. The number of para-hydroxylation sites is 1. The number of carbonyl (C=O) groups is 1. The predicted octanol–water partition coefficient (Wildman–Crippen LogP) is 2.92. The summed E-state index contributed by atoms with van der Waals surface area (Å²) in [6.07, 6.45) is 4.04. The van der Waals surface area contributed by atoms with E-state index in [-0.39, 0.29) is 12.0 Å². The van der Waals surface area contributed by atoms with Crippen molar-refractivity contribution in [1.82, 2.24) is 14.9 Å². The molecule has 1 fully saturated rings. The second-order valence-corrected chi connectivity index (χ2v) is 5.86. The van der Waals surface area contributed by atoms with E-state index in [1.807, 2.05) is 41.3 Å². The summed E-state index contributed by atoms with van der Waals surface area (Å²) in [5.41, 5.74) is 1.53. The van der Waals surface area contributed by atoms with E-state index in [1.54, 1.807) is 24.5 Å². The topological polar surface area (TPSA) is 55.3 Å². The first-order valence-corrected chi connectivity index (χ1v) is 8.01. The fourth-order valence-electron chi connectivity index (χ4n) is 2.96. The number of fused-ring (bicyclic) bond motifs is 1. The van der Waals surface area contributed by atoms with Gasteiger partial charge < -0.3 is 9.64 Å². The average molecular weight is 319 g/mol. The number of nitrogens with zero attached hydrogens (tertiary/aromatic N) is 3. The number of aromatic nitrogens is 2. The van der Waals surface area contributed by atoms with Gasteiger partial charge in [0.15, 0.2) is 0 Å². The number of hydrogen-bond acceptors (Lipinski definition) is 4. The lowest BCUT2D eigenvalue weighted by molar-refractivity contribution is 0.0771. The highest BCUT2D eigenvalue weighted by Gasteiger charge is 2.28. The normalized spacial score (nSPS) is 17.2. The molecule has 3 heterocycles. The van der Waals surface area contributed by atoms with Gasteiger partial charge in [0.1, 0.15) is 6.10 Å². The third-order valence-corrected chi connectivity index (χ3v) is 4.20. The van der Waals surface area contributed by atoms with Gasteiger partial charge in [-0.1, -0.05) is 18.2 Å². The summed E-state index contributed by atoms with van der Waals surface area (Å²) in [5, 5.41) is 1.09. The van der Waals surface area contributed by atoms with Crippen LogP contribution in [0.1, 0.15) is 16.8 Å². The second kappa shape index (κ2) is 6.28. The van der Waals surface area contributed by atoms with Gasteiger partial charge >= 0.3 is 0 Å². The Labute approximate surface area is 139 Å². The maximum atomic E-state index is 12.4. The van der Waals surface area contributed by atoms with Crippen LogP contribution < -0.4 is 4.74 Å². The highest BCUT2D eigenvalue weighted by Crippen LogP contribution is 2.21. The van der Waals surface area contributed by atoms with Crippen molar-refractivity contribution in [2.75, 3.05) is 13.1 Å². The summed E-state index contributed by atoms with van der Waals surface area (Å²) in [5.74, 6) is 0.607. The molecule has 0 N–H and O–H groups in total. The Morgan fingerprint density at radius 3 is 2.92 bits per heavy atom. The van der Waals surface area contributed by atoms with Crippen molar-refractivity contribution in [1.29, 1.82) is 0 Å². The number of likely N-dealkylation sites (tertiary alicyclic amines) is 1. The van der Waals surface area contributed by atoms with E-state index < -0.39 is 0 Å². The highest BCUT2D eigenvalue weighted by atomic mass is 16.5. The van der Waals surface area contributed by atoms with Gasteiger partial charge in [-0.2, -0.15) is 0 Å². The minimum Gasteiger partial charge on any atom is -0.472 e. The van der Waals surface area contributed by atoms with Crippen molar-refractivity contribution in [3.05, 3.63) is 66.5 Å². The molecule has 3 aromatic rings. The molecule has 0 saturated carbocycles. The lowest BCUT2D eigenvalue weighted by Crippen LogP contribution is -2.31. The first kappa shape index (κ1) is 14.6. The molecular formula is C19H17N3O2. The monoisotopic (exact) mass is 319 g/mol. The van der Waals surface area contributed by atoms with E-state index in [0.717, 1.165) is 17.3 Å². The molecule has 5 heteroatoms. The Hall–Kier alpha value is -2.95. The van der Waals surface area contributed by atoms with E-state index in [1.165, 1.54) is 0 Å². The van der Waals surface area contributed by atoms with E-state index in [2.05, 4.69) is 9.97 Å². The van der Waals surface area contributed by atoms with Gasteiger partial charge in [0.2, 0.25) is 5.88 Å². The van der Waals surface area contributed by atoms with Crippen LogP contribution in [-0.2, 0) is 0 Å². The molecule has 0 bridgehead atoms. The minimum atomic E-state index is -0.0284. The third kappa shape index (κ3) is 2.93. The van der Waals surface area contributed by atoms with E-state index in [0.29, 0.717) is 24.5 Å². The maximum Gasteiger partial charge on any atom is 0.255 e. The second-order valence-electron chi connectivity index (χ2n) is 5.86. The molecule has 1 aliphatic rings. The molecule has 1 amide bonds. The highest BCUT2D eigenvalue weighted by molar-refractivity contribution is 5.94. The molecule has 1 saturated heterocycles. The van der Waals surface area contributed by atoms with E-state index >= 15 is 0 Å². The van der Waals surface area contributed by atoms with Gasteiger partial charge in [0.25, 0.3) is 5.91 Å². The van der Waals surface area contributed by atoms with Crippen LogP contribution in [0.2, 0.25) is 0 Å². The quantitative estimate of drug-likeness (QED) is 0.745. The van der Waals surface area contributed by atoms with Gasteiger partial charge in [-0.25, -0.2) is 4.98 Å². The SMILES string of the molecule is O=C(c1cccnc1)N1CCC(Oc2ccc3ccccc3n2)C1. The molecule has 4 rings (SSSR count). The molecule has 0 spiro atoms. The summed E-state index contributed by atoms with van der Waals surface area (Å²) < 4.78 is 5.98. The number of benzene rings is 1. The molecule has 1 atom stereocenters. The predicted molar refractivity (Wildman–Crippen MR) is 90.9 cm³/mol. The van der Waals surface area contributed by atoms with Crippen molar-refractivity contribution >= 4 is 16.8 Å². The standard InChI is InChI=1S/C19H17N3O2/c23-19(15-5-3-10-20-12-15)22-11-9-16(13-22)24-18-8-7-14-4-1-2-6-17(14)21-18/h1-8,10,12,16H,9,11,13H2. The summed E-state index contributed by atoms with van der Waals surface area (Å²) >= 11 is 0. The number of amides is 1. The Bertz CT molecular complexity index is 867. The van der Waals surface area contributed by atoms with Gasteiger partial charge in [-0.3, -0.25) is 9.78 Å². The van der Waals surface area contributed by atoms with Gasteiger partial charge in [0.05, 0.1) is 17.6 Å². The third-order valence-electron chi connectivity index (χ3n) is 4.20. The van der Waals surface area contributed by atoms with Crippen molar-refractivity contribution in [2.45, 2.75) is 12.5 Å². The van der Waals surface area contributed by atoms with Crippen molar-refractivity contribution in [2.24, 2.45) is 0 Å². The molecule has 1 aliphatic heterocycles. The number of ether oxygens (including phenoxy) is 1. The zero-order valence-electron chi connectivity index (χ0n) is 13.1. The van der Waals surface area contributed by atoms with Crippen molar-refractivity contribution in [3.8, 4) is 5.88 Å². The first-order valence-electron chi connectivity index (χ1n) is 8.01. The molecule has 0 radical (unpaired) electrons. The number of hydrogen-bond donors (Lipinski definition) is 0. The Morgan fingerprint density at radius 2 is 2.04 bits per heavy atom. The van der Waals surface area contributed by atoms with Crippen molar-refractivity contribution < 1.29 is 9.53 Å². The number of rotatable bonds is 3. The Balaban J connectivity index is 1.44. The van der Waals surface area contributed by atoms with Crippen LogP contribution in [0.15, 0.2) is 60.9 Å². The summed E-state index contributed by atoms with van der Waals surface area (Å²) in [6.45, 7) is 1.26. The fourth-order valence-corrected chi connectivity index (χ4v) is 2.96. The van der Waals surface area contributed by atoms with Gasteiger partial charge in [0, 0.05) is 36.8 Å². The van der Waals surface area contributed by atoms with E-state index in [9.17, 15) is 4.79 Å². The molecule has 24 heavy (non-hydrogen) atoms. The maximum absolute atomic E-state index is 12.4. The average Bonchev–Trinajstić information content (AvgIpc) is 3.10. The molecule has 1 unspecified atom stereocenters. The molecule has 2 aromatic heterocycles. The number of carbonyl (C=O) groups excluding carboxylic acids is 1. The smallest absolute Gasteiger partial charge is 0.255 e. The lowest BCUT2D eigenvalue weighted by Gasteiger charge is -2.17.